The molecule has 2 aromatic rings. The third-order valence-electron chi connectivity index (χ3n) is 3.67. The molecule has 1 saturated carbocycles. The zero-order chi connectivity index (χ0) is 15.4. The van der Waals surface area contributed by atoms with E-state index < -0.39 is 0 Å². The van der Waals surface area contributed by atoms with Gasteiger partial charge >= 0.3 is 0 Å². The topological polar surface area (TPSA) is 45.2 Å². The fourth-order valence-corrected chi connectivity index (χ4v) is 2.94. The zero-order valence-corrected chi connectivity index (χ0v) is 14.4. The summed E-state index contributed by atoms with van der Waals surface area (Å²) >= 11 is 2.24. The van der Waals surface area contributed by atoms with Crippen molar-refractivity contribution < 1.29 is 4.79 Å². The van der Waals surface area contributed by atoms with E-state index in [1.807, 2.05) is 36.5 Å². The van der Waals surface area contributed by atoms with Gasteiger partial charge in [0.15, 0.2) is 0 Å². The van der Waals surface area contributed by atoms with Gasteiger partial charge in [-0.1, -0.05) is 18.2 Å². The normalized spacial score (nSPS) is 14.1. The molecule has 0 bridgehead atoms. The van der Waals surface area contributed by atoms with Crippen molar-refractivity contribution >= 4 is 34.2 Å². The number of hydrogen-bond acceptors (Lipinski definition) is 3. The summed E-state index contributed by atoms with van der Waals surface area (Å²) in [6.07, 6.45) is 6.00. The number of hydrogen-bond donors (Lipinski definition) is 1. The second-order valence-corrected chi connectivity index (χ2v) is 6.69. The van der Waals surface area contributed by atoms with Crippen molar-refractivity contribution in [1.82, 2.24) is 9.88 Å². The van der Waals surface area contributed by atoms with E-state index in [0.717, 1.165) is 21.4 Å². The molecule has 0 radical (unpaired) electrons. The van der Waals surface area contributed by atoms with Gasteiger partial charge in [0, 0.05) is 28.6 Å². The van der Waals surface area contributed by atoms with Gasteiger partial charge in [-0.25, -0.2) is 0 Å². The molecule has 0 unspecified atom stereocenters. The number of halogens is 1. The first-order valence-corrected chi connectivity index (χ1v) is 8.47. The van der Waals surface area contributed by atoms with Crippen LogP contribution >= 0.6 is 22.6 Å². The van der Waals surface area contributed by atoms with Crippen LogP contribution in [0.3, 0.4) is 0 Å². The van der Waals surface area contributed by atoms with Gasteiger partial charge in [-0.05, 0) is 59.2 Å². The summed E-state index contributed by atoms with van der Waals surface area (Å²) in [5.41, 5.74) is 2.03. The van der Waals surface area contributed by atoms with Crippen LogP contribution in [0.25, 0.3) is 0 Å². The van der Waals surface area contributed by atoms with Gasteiger partial charge in [-0.2, -0.15) is 0 Å². The molecule has 0 spiro atoms. The third-order valence-corrected chi connectivity index (χ3v) is 4.61. The number of rotatable bonds is 6. The summed E-state index contributed by atoms with van der Waals surface area (Å²) in [5, 5.41) is 3.01. The second-order valence-electron chi connectivity index (χ2n) is 5.53. The van der Waals surface area contributed by atoms with Gasteiger partial charge in [0.05, 0.1) is 12.2 Å². The number of carbonyl (C=O) groups excluding carboxylic acids is 1. The van der Waals surface area contributed by atoms with Crippen LogP contribution in [0.15, 0.2) is 48.8 Å². The molecule has 1 heterocycles. The Balaban J connectivity index is 1.61. The molecule has 1 aliphatic carbocycles. The lowest BCUT2D eigenvalue weighted by molar-refractivity contribution is -0.117. The van der Waals surface area contributed by atoms with E-state index in [9.17, 15) is 4.79 Å². The van der Waals surface area contributed by atoms with Crippen molar-refractivity contribution in [3.05, 3.63) is 57.9 Å². The van der Waals surface area contributed by atoms with Gasteiger partial charge in [0.1, 0.15) is 0 Å². The summed E-state index contributed by atoms with van der Waals surface area (Å²) in [7, 11) is 0. The Morgan fingerprint density at radius 1 is 1.27 bits per heavy atom. The number of pyridine rings is 1. The Bertz CT molecular complexity index is 643. The highest BCUT2D eigenvalue weighted by molar-refractivity contribution is 14.1. The predicted octanol–water partition coefficient (Wildman–Crippen LogP) is 3.29. The van der Waals surface area contributed by atoms with Crippen LogP contribution in [-0.4, -0.2) is 28.4 Å². The SMILES string of the molecule is O=C(CN(Cc1cccnc1)C1CC1)Nc1ccccc1I. The number of anilines is 1. The Morgan fingerprint density at radius 2 is 2.09 bits per heavy atom. The summed E-state index contributed by atoms with van der Waals surface area (Å²) < 4.78 is 1.05. The first-order valence-electron chi connectivity index (χ1n) is 7.40. The number of carbonyl (C=O) groups is 1. The van der Waals surface area contributed by atoms with Gasteiger partial charge in [0.25, 0.3) is 0 Å². The molecule has 0 atom stereocenters. The van der Waals surface area contributed by atoms with Crippen LogP contribution in [0, 0.1) is 3.57 Å². The quantitative estimate of drug-likeness (QED) is 0.748. The lowest BCUT2D eigenvalue weighted by Gasteiger charge is -2.21. The van der Waals surface area contributed by atoms with Crippen LogP contribution in [0.1, 0.15) is 18.4 Å². The average Bonchev–Trinajstić information content (AvgIpc) is 3.35. The lowest BCUT2D eigenvalue weighted by Crippen LogP contribution is -2.34. The molecule has 0 aliphatic heterocycles. The van der Waals surface area contributed by atoms with E-state index in [1.54, 1.807) is 6.20 Å². The molecular formula is C17H18IN3O. The molecule has 1 amide bonds. The maximum Gasteiger partial charge on any atom is 0.238 e. The second kappa shape index (κ2) is 7.19. The Kier molecular flexibility index (Phi) is 5.04. The van der Waals surface area contributed by atoms with Crippen LogP contribution < -0.4 is 5.32 Å². The van der Waals surface area contributed by atoms with Crippen molar-refractivity contribution in [2.24, 2.45) is 0 Å². The van der Waals surface area contributed by atoms with Crippen molar-refractivity contribution in [3.8, 4) is 0 Å². The maximum atomic E-state index is 12.3. The molecule has 1 aromatic heterocycles. The zero-order valence-electron chi connectivity index (χ0n) is 12.2. The molecule has 5 heteroatoms. The van der Waals surface area contributed by atoms with Crippen LogP contribution in [0.2, 0.25) is 0 Å². The molecule has 114 valence electrons. The maximum absolute atomic E-state index is 12.3. The van der Waals surface area contributed by atoms with E-state index >= 15 is 0 Å². The molecule has 22 heavy (non-hydrogen) atoms. The molecule has 0 saturated heterocycles. The highest BCUT2D eigenvalue weighted by Crippen LogP contribution is 2.28. The molecule has 1 aromatic carbocycles. The smallest absolute Gasteiger partial charge is 0.238 e. The van der Waals surface area contributed by atoms with Crippen molar-refractivity contribution in [1.29, 1.82) is 0 Å². The number of benzene rings is 1. The third kappa shape index (κ3) is 4.27. The highest BCUT2D eigenvalue weighted by atomic mass is 127. The number of para-hydroxylation sites is 1. The monoisotopic (exact) mass is 407 g/mol. The molecule has 1 fully saturated rings. The van der Waals surface area contributed by atoms with Crippen LogP contribution in [-0.2, 0) is 11.3 Å². The van der Waals surface area contributed by atoms with E-state index in [-0.39, 0.29) is 5.91 Å². The van der Waals surface area contributed by atoms with E-state index in [2.05, 4.69) is 43.9 Å². The fraction of sp³-hybridized carbons (Fsp3) is 0.294. The Morgan fingerprint density at radius 3 is 2.77 bits per heavy atom. The first-order chi connectivity index (χ1) is 10.7. The summed E-state index contributed by atoms with van der Waals surface area (Å²) in [6, 6.07) is 12.4. The largest absolute Gasteiger partial charge is 0.324 e. The number of nitrogens with zero attached hydrogens (tertiary/aromatic N) is 2. The van der Waals surface area contributed by atoms with Gasteiger partial charge in [-0.3, -0.25) is 14.7 Å². The number of nitrogens with one attached hydrogen (secondary N) is 1. The average molecular weight is 407 g/mol. The molecule has 1 N–H and O–H groups in total. The molecule has 4 nitrogen and oxygen atoms in total. The first kappa shape index (κ1) is 15.4. The van der Waals surface area contributed by atoms with Crippen molar-refractivity contribution in [2.45, 2.75) is 25.4 Å². The molecule has 3 rings (SSSR count). The summed E-state index contributed by atoms with van der Waals surface area (Å²) in [4.78, 5) is 18.7. The lowest BCUT2D eigenvalue weighted by atomic mass is 10.2. The summed E-state index contributed by atoms with van der Waals surface area (Å²) in [6.45, 7) is 1.20. The Labute approximate surface area is 144 Å². The van der Waals surface area contributed by atoms with Crippen molar-refractivity contribution in [3.63, 3.8) is 0 Å². The van der Waals surface area contributed by atoms with E-state index in [0.29, 0.717) is 12.6 Å². The van der Waals surface area contributed by atoms with Crippen LogP contribution in [0.5, 0.6) is 0 Å². The standard InChI is InChI=1S/C17H18IN3O/c18-15-5-1-2-6-16(15)20-17(22)12-21(14-7-8-14)11-13-4-3-9-19-10-13/h1-6,9-10,14H,7-8,11-12H2,(H,20,22). The Hall–Kier alpha value is -1.47. The van der Waals surface area contributed by atoms with E-state index in [4.69, 9.17) is 0 Å². The summed E-state index contributed by atoms with van der Waals surface area (Å²) in [5.74, 6) is 0.0416. The minimum Gasteiger partial charge on any atom is -0.324 e. The van der Waals surface area contributed by atoms with Gasteiger partial charge in [0.2, 0.25) is 5.91 Å². The fourth-order valence-electron chi connectivity index (χ4n) is 2.42. The van der Waals surface area contributed by atoms with Gasteiger partial charge < -0.3 is 5.32 Å². The molecular weight excluding hydrogens is 389 g/mol. The number of aromatic nitrogens is 1. The minimum absolute atomic E-state index is 0.0416. The number of amides is 1. The molecule has 1 aliphatic rings. The van der Waals surface area contributed by atoms with Crippen LogP contribution in [0.4, 0.5) is 5.69 Å². The van der Waals surface area contributed by atoms with Gasteiger partial charge in [-0.15, -0.1) is 0 Å². The van der Waals surface area contributed by atoms with Crippen molar-refractivity contribution in [2.75, 3.05) is 11.9 Å². The van der Waals surface area contributed by atoms with E-state index in [1.165, 1.54) is 12.8 Å². The highest BCUT2D eigenvalue weighted by Gasteiger charge is 2.30. The predicted molar refractivity (Wildman–Crippen MR) is 95.5 cm³/mol. The minimum atomic E-state index is 0.0416.